The summed E-state index contributed by atoms with van der Waals surface area (Å²) in [5.41, 5.74) is 0. The van der Waals surface area contributed by atoms with Crippen molar-refractivity contribution in [3.05, 3.63) is 6.16 Å². The Morgan fingerprint density at radius 2 is 2.00 bits per heavy atom. The fraction of sp³-hybridized carbons (Fsp3) is 0.800. The van der Waals surface area contributed by atoms with E-state index in [1.807, 2.05) is 0 Å². The molecule has 0 amide bonds. The van der Waals surface area contributed by atoms with Gasteiger partial charge < -0.3 is 14.2 Å². The fourth-order valence-electron chi connectivity index (χ4n) is 0.271. The molecule has 0 rings (SSSR count). The van der Waals surface area contributed by atoms with Crippen LogP contribution in [0.25, 0.3) is 0 Å². The Labute approximate surface area is 142 Å². The van der Waals surface area contributed by atoms with Crippen LogP contribution < -0.4 is 0 Å². The molecule has 0 aliphatic heterocycles. The first-order chi connectivity index (χ1) is 4.62. The number of rotatable bonds is 5. The molecule has 0 bridgehead atoms. The van der Waals surface area contributed by atoms with Gasteiger partial charge in [0.05, 0.1) is 0 Å². The standard InChI is InChI=1S/C5H12O4P.Re.U.Y/c1-3-8-5-9-10(6,7)4-2;;;/h4H,3,5H2,1-2H3,(H,6,7);;;/q-1;;;. The summed E-state index contributed by atoms with van der Waals surface area (Å²) in [6, 6.07) is 0. The maximum atomic E-state index is 10.7. The summed E-state index contributed by atoms with van der Waals surface area (Å²) in [5.74, 6) is 0. The first-order valence-corrected chi connectivity index (χ1v) is 4.62. The van der Waals surface area contributed by atoms with E-state index in [1.54, 1.807) is 6.92 Å². The van der Waals surface area contributed by atoms with Crippen molar-refractivity contribution in [1.82, 2.24) is 0 Å². The fourth-order valence-corrected chi connectivity index (χ4v) is 0.645. The summed E-state index contributed by atoms with van der Waals surface area (Å²) in [6.45, 7) is 3.59. The summed E-state index contributed by atoms with van der Waals surface area (Å²) >= 11 is 0. The molecule has 0 aromatic heterocycles. The van der Waals surface area contributed by atoms with Crippen LogP contribution in [0.1, 0.15) is 13.8 Å². The molecule has 0 aromatic carbocycles. The van der Waals surface area contributed by atoms with Crippen molar-refractivity contribution in [2.75, 3.05) is 13.4 Å². The molecule has 4 nitrogen and oxygen atoms in total. The monoisotopic (exact) mass is 681 g/mol. The third-order valence-corrected chi connectivity index (χ3v) is 1.98. The van der Waals surface area contributed by atoms with Crippen LogP contribution in [-0.4, -0.2) is 18.3 Å². The molecule has 1 unspecified atom stereocenters. The third-order valence-electron chi connectivity index (χ3n) is 0.851. The summed E-state index contributed by atoms with van der Waals surface area (Å²) in [5, 5.41) is 0. The normalized spacial score (nSPS) is 12.8. The SMILES string of the molecule is C[CH-]P(=O)(O)OCOCC.[Re].[U].[Y]. The van der Waals surface area contributed by atoms with Crippen LogP contribution >= 0.6 is 7.60 Å². The number of ether oxygens (including phenoxy) is 1. The average Bonchev–Trinajstić information content (AvgIpc) is 1.89. The van der Waals surface area contributed by atoms with Crippen molar-refractivity contribution >= 4 is 7.60 Å². The van der Waals surface area contributed by atoms with Gasteiger partial charge in [0.2, 0.25) is 0 Å². The van der Waals surface area contributed by atoms with E-state index in [4.69, 9.17) is 9.63 Å². The molecule has 0 aliphatic rings. The second-order valence-corrected chi connectivity index (χ2v) is 3.46. The van der Waals surface area contributed by atoms with Gasteiger partial charge in [-0.25, -0.2) is 6.16 Å². The maximum absolute atomic E-state index is 10.7. The van der Waals surface area contributed by atoms with Gasteiger partial charge in [-0.05, 0) is 6.92 Å². The molecule has 2 radical (unpaired) electrons. The molecule has 0 aliphatic carbocycles. The number of hydrogen-bond acceptors (Lipinski definition) is 3. The molecule has 76 valence electrons. The van der Waals surface area contributed by atoms with Crippen molar-refractivity contribution in [2.24, 2.45) is 0 Å². The zero-order chi connectivity index (χ0) is 8.04. The van der Waals surface area contributed by atoms with E-state index in [-0.39, 0.29) is 91.0 Å². The minimum absolute atomic E-state index is 0. The maximum Gasteiger partial charge on any atom is 0.186 e. The van der Waals surface area contributed by atoms with E-state index in [9.17, 15) is 4.57 Å². The Balaban J connectivity index is -0.000000135. The van der Waals surface area contributed by atoms with E-state index >= 15 is 0 Å². The summed E-state index contributed by atoms with van der Waals surface area (Å²) in [7, 11) is -3.45. The van der Waals surface area contributed by atoms with E-state index in [2.05, 4.69) is 4.52 Å². The first-order valence-electron chi connectivity index (χ1n) is 2.97. The quantitative estimate of drug-likeness (QED) is 0.207. The van der Waals surface area contributed by atoms with Crippen molar-refractivity contribution in [1.29, 1.82) is 0 Å². The second kappa shape index (κ2) is 14.9. The molecule has 1 atom stereocenters. The van der Waals surface area contributed by atoms with Crippen molar-refractivity contribution in [2.45, 2.75) is 13.8 Å². The molecule has 0 spiro atoms. The Morgan fingerprint density at radius 3 is 2.31 bits per heavy atom. The molecular weight excluding hydrogens is 668 g/mol. The van der Waals surface area contributed by atoms with Crippen LogP contribution in [0.5, 0.6) is 0 Å². The summed E-state index contributed by atoms with van der Waals surface area (Å²) < 4.78 is 19.8. The van der Waals surface area contributed by atoms with E-state index in [0.717, 1.165) is 6.16 Å². The predicted octanol–water partition coefficient (Wildman–Crippen LogP) is 1.36. The Hall–Kier alpha value is 2.93. The van der Waals surface area contributed by atoms with Crippen LogP contribution in [0.4, 0.5) is 0 Å². The minimum Gasteiger partial charge on any atom is -0.355 e. The zero-order valence-corrected chi connectivity index (χ0v) is 18.2. The van der Waals surface area contributed by atoms with E-state index in [0.29, 0.717) is 6.61 Å². The van der Waals surface area contributed by atoms with E-state index in [1.165, 1.54) is 6.92 Å². The van der Waals surface area contributed by atoms with Gasteiger partial charge in [0.1, 0.15) is 0 Å². The van der Waals surface area contributed by atoms with Gasteiger partial charge in [-0.1, -0.05) is 0 Å². The minimum atomic E-state index is -3.45. The van der Waals surface area contributed by atoms with Gasteiger partial charge in [0.15, 0.2) is 14.4 Å². The van der Waals surface area contributed by atoms with Crippen LogP contribution in [0.3, 0.4) is 0 Å². The molecular formula is C5H12O4PReUY-. The molecule has 1 N–H and O–H groups in total. The molecule has 8 heteroatoms. The van der Waals surface area contributed by atoms with Crippen molar-refractivity contribution in [3.8, 4) is 0 Å². The van der Waals surface area contributed by atoms with Crippen LogP contribution in [0.2, 0.25) is 0 Å². The van der Waals surface area contributed by atoms with Crippen molar-refractivity contribution in [3.63, 3.8) is 0 Å². The topological polar surface area (TPSA) is 55.8 Å². The first kappa shape index (κ1) is 24.9. The molecule has 0 saturated heterocycles. The average molecular weight is 680 g/mol. The molecule has 13 heavy (non-hydrogen) atoms. The molecule has 0 fully saturated rings. The molecule has 0 saturated carbocycles. The van der Waals surface area contributed by atoms with Gasteiger partial charge in [-0.15, -0.1) is 0 Å². The van der Waals surface area contributed by atoms with E-state index < -0.39 is 7.60 Å². The number of hydrogen-bond donors (Lipinski definition) is 1. The van der Waals surface area contributed by atoms with Gasteiger partial charge in [-0.3, -0.25) is 4.57 Å². The largest absolute Gasteiger partial charge is 0.355 e. The van der Waals surface area contributed by atoms with Gasteiger partial charge >= 0.3 is 0 Å². The Morgan fingerprint density at radius 1 is 1.54 bits per heavy atom. The van der Waals surface area contributed by atoms with Crippen molar-refractivity contribution < 1.29 is 103 Å². The van der Waals surface area contributed by atoms with Crippen LogP contribution in [0, 0.1) is 37.3 Å². The van der Waals surface area contributed by atoms with Crippen LogP contribution in [0.15, 0.2) is 0 Å². The Bertz CT molecular complexity index is 140. The second-order valence-electron chi connectivity index (χ2n) is 1.56. The van der Waals surface area contributed by atoms with Gasteiger partial charge in [0.25, 0.3) is 0 Å². The zero-order valence-electron chi connectivity index (χ0n) is 7.57. The summed E-state index contributed by atoms with van der Waals surface area (Å²) in [6.07, 6.45) is 1.12. The predicted molar refractivity (Wildman–Crippen MR) is 37.4 cm³/mol. The molecule has 0 aromatic rings. The van der Waals surface area contributed by atoms with Gasteiger partial charge in [0, 0.05) is 90.9 Å². The third kappa shape index (κ3) is 17.5. The molecule has 0 heterocycles. The van der Waals surface area contributed by atoms with Crippen LogP contribution in [-0.2, 0) is 67.0 Å². The van der Waals surface area contributed by atoms with Gasteiger partial charge in [-0.2, -0.15) is 6.92 Å². The Kier molecular flexibility index (Phi) is 28.6. The smallest absolute Gasteiger partial charge is 0.186 e. The summed E-state index contributed by atoms with van der Waals surface area (Å²) in [4.78, 5) is 8.75.